The maximum absolute atomic E-state index is 11.4. The van der Waals surface area contributed by atoms with E-state index < -0.39 is 11.8 Å². The van der Waals surface area contributed by atoms with Crippen molar-refractivity contribution in [1.29, 1.82) is 0 Å². The van der Waals surface area contributed by atoms with Gasteiger partial charge in [-0.15, -0.1) is 0 Å². The fourth-order valence-electron chi connectivity index (χ4n) is 0.888. The Kier molecular flexibility index (Phi) is 2.74. The first-order valence-electron chi connectivity index (χ1n) is 3.86. The predicted octanol–water partition coefficient (Wildman–Crippen LogP) is 0.386. The van der Waals surface area contributed by atoms with E-state index in [9.17, 15) is 9.59 Å². The lowest BCUT2D eigenvalue weighted by molar-refractivity contribution is -0.119. The van der Waals surface area contributed by atoms with Crippen LogP contribution < -0.4 is 5.73 Å². The Morgan fingerprint density at radius 2 is 2.23 bits per heavy atom. The summed E-state index contributed by atoms with van der Waals surface area (Å²) in [7, 11) is 0. The van der Waals surface area contributed by atoms with Crippen LogP contribution in [0, 0.1) is 5.92 Å². The van der Waals surface area contributed by atoms with Crippen molar-refractivity contribution in [2.45, 2.75) is 6.92 Å². The van der Waals surface area contributed by atoms with Crippen LogP contribution >= 0.6 is 0 Å². The van der Waals surface area contributed by atoms with Gasteiger partial charge in [-0.1, -0.05) is 0 Å². The van der Waals surface area contributed by atoms with Gasteiger partial charge in [0, 0.05) is 18.0 Å². The molecule has 0 fully saturated rings. The second-order valence-electron chi connectivity index (χ2n) is 2.73. The third-order valence-electron chi connectivity index (χ3n) is 1.77. The molecule has 1 aromatic heterocycles. The molecule has 0 aliphatic heterocycles. The molecular weight excluding hydrogens is 168 g/mol. The van der Waals surface area contributed by atoms with Gasteiger partial charge in [0.15, 0.2) is 5.78 Å². The van der Waals surface area contributed by atoms with Crippen LogP contribution in [0.15, 0.2) is 24.5 Å². The number of carbonyl (C=O) groups is 2. The molecule has 1 aromatic rings. The van der Waals surface area contributed by atoms with E-state index in [2.05, 4.69) is 4.98 Å². The van der Waals surface area contributed by atoms with Crippen LogP contribution in [0.4, 0.5) is 0 Å². The number of nitrogens with two attached hydrogens (primary N) is 1. The fourth-order valence-corrected chi connectivity index (χ4v) is 0.888. The summed E-state index contributed by atoms with van der Waals surface area (Å²) in [6.45, 7) is 1.48. The van der Waals surface area contributed by atoms with Crippen molar-refractivity contribution in [2.75, 3.05) is 0 Å². The van der Waals surface area contributed by atoms with Gasteiger partial charge >= 0.3 is 0 Å². The van der Waals surface area contributed by atoms with E-state index in [-0.39, 0.29) is 5.78 Å². The zero-order chi connectivity index (χ0) is 9.84. The van der Waals surface area contributed by atoms with Crippen LogP contribution in [0.1, 0.15) is 17.3 Å². The van der Waals surface area contributed by atoms with Crippen LogP contribution in [0.5, 0.6) is 0 Å². The Labute approximate surface area is 75.8 Å². The monoisotopic (exact) mass is 178 g/mol. The molecule has 0 aromatic carbocycles. The van der Waals surface area contributed by atoms with E-state index in [4.69, 9.17) is 5.73 Å². The summed E-state index contributed by atoms with van der Waals surface area (Å²) in [6, 6.07) is 3.25. The molecule has 13 heavy (non-hydrogen) atoms. The van der Waals surface area contributed by atoms with Crippen molar-refractivity contribution in [3.05, 3.63) is 30.1 Å². The molecule has 0 bridgehead atoms. The molecule has 4 heteroatoms. The van der Waals surface area contributed by atoms with E-state index in [1.165, 1.54) is 13.1 Å². The molecule has 2 N–H and O–H groups in total. The highest BCUT2D eigenvalue weighted by Crippen LogP contribution is 2.06. The smallest absolute Gasteiger partial charge is 0.228 e. The van der Waals surface area contributed by atoms with Gasteiger partial charge < -0.3 is 5.73 Å². The molecule has 0 saturated heterocycles. The van der Waals surface area contributed by atoms with E-state index in [0.717, 1.165) is 0 Å². The average Bonchev–Trinajstić information content (AvgIpc) is 2.17. The summed E-state index contributed by atoms with van der Waals surface area (Å²) in [4.78, 5) is 25.9. The number of ketones is 1. The fraction of sp³-hybridized carbons (Fsp3) is 0.222. The number of hydrogen-bond donors (Lipinski definition) is 1. The standard InChI is InChI=1S/C9H10N2O2/c1-6(9(10)13)8(12)7-3-2-4-11-5-7/h2-6H,1H3,(H2,10,13). The molecule has 0 aliphatic rings. The molecule has 1 atom stereocenters. The van der Waals surface area contributed by atoms with Crippen LogP contribution in [0.25, 0.3) is 0 Å². The zero-order valence-corrected chi connectivity index (χ0v) is 7.23. The summed E-state index contributed by atoms with van der Waals surface area (Å²) >= 11 is 0. The number of nitrogens with zero attached hydrogens (tertiary/aromatic N) is 1. The van der Waals surface area contributed by atoms with Gasteiger partial charge in [0.05, 0.1) is 5.92 Å². The van der Waals surface area contributed by atoms with Gasteiger partial charge in [-0.3, -0.25) is 14.6 Å². The number of rotatable bonds is 3. The van der Waals surface area contributed by atoms with Gasteiger partial charge in [-0.2, -0.15) is 0 Å². The minimum atomic E-state index is -0.788. The van der Waals surface area contributed by atoms with Crippen molar-refractivity contribution in [2.24, 2.45) is 11.7 Å². The quantitative estimate of drug-likeness (QED) is 0.537. The van der Waals surface area contributed by atoms with Crippen molar-refractivity contribution >= 4 is 11.7 Å². The van der Waals surface area contributed by atoms with Crippen molar-refractivity contribution < 1.29 is 9.59 Å². The average molecular weight is 178 g/mol. The number of hydrogen-bond acceptors (Lipinski definition) is 3. The molecule has 4 nitrogen and oxygen atoms in total. The molecule has 0 radical (unpaired) electrons. The maximum Gasteiger partial charge on any atom is 0.228 e. The first-order valence-corrected chi connectivity index (χ1v) is 3.86. The van der Waals surface area contributed by atoms with Crippen molar-refractivity contribution in [3.63, 3.8) is 0 Å². The highest BCUT2D eigenvalue weighted by Gasteiger charge is 2.19. The van der Waals surface area contributed by atoms with Crippen molar-refractivity contribution in [1.82, 2.24) is 4.98 Å². The van der Waals surface area contributed by atoms with Gasteiger partial charge in [-0.05, 0) is 19.1 Å². The summed E-state index contributed by atoms with van der Waals surface area (Å²) in [5.74, 6) is -1.70. The van der Waals surface area contributed by atoms with Gasteiger partial charge in [0.25, 0.3) is 0 Å². The topological polar surface area (TPSA) is 73.1 Å². The Bertz CT molecular complexity index is 322. The SMILES string of the molecule is CC(C(N)=O)C(=O)c1cccnc1. The van der Waals surface area contributed by atoms with Crippen molar-refractivity contribution in [3.8, 4) is 0 Å². The molecule has 1 unspecified atom stereocenters. The highest BCUT2D eigenvalue weighted by molar-refractivity contribution is 6.09. The number of carbonyl (C=O) groups excluding carboxylic acids is 2. The normalized spacial score (nSPS) is 12.1. The third kappa shape index (κ3) is 2.11. The van der Waals surface area contributed by atoms with Crippen LogP contribution in [0.3, 0.4) is 0 Å². The largest absolute Gasteiger partial charge is 0.369 e. The van der Waals surface area contributed by atoms with E-state index >= 15 is 0 Å². The van der Waals surface area contributed by atoms with E-state index in [0.29, 0.717) is 5.56 Å². The van der Waals surface area contributed by atoms with Crippen LogP contribution in [-0.4, -0.2) is 16.7 Å². The summed E-state index contributed by atoms with van der Waals surface area (Å²) in [6.07, 6.45) is 2.98. The van der Waals surface area contributed by atoms with E-state index in [1.807, 2.05) is 0 Å². The number of amides is 1. The first kappa shape index (κ1) is 9.38. The number of pyridine rings is 1. The molecule has 1 rings (SSSR count). The predicted molar refractivity (Wildman–Crippen MR) is 46.9 cm³/mol. The zero-order valence-electron chi connectivity index (χ0n) is 7.23. The lowest BCUT2D eigenvalue weighted by Crippen LogP contribution is -2.27. The second kappa shape index (κ2) is 3.80. The molecule has 1 amide bonds. The van der Waals surface area contributed by atoms with Crippen LogP contribution in [-0.2, 0) is 4.79 Å². The highest BCUT2D eigenvalue weighted by atomic mass is 16.2. The third-order valence-corrected chi connectivity index (χ3v) is 1.77. The van der Waals surface area contributed by atoms with Gasteiger partial charge in [0.1, 0.15) is 0 Å². The summed E-state index contributed by atoms with van der Waals surface area (Å²) in [5.41, 5.74) is 5.40. The Morgan fingerprint density at radius 1 is 1.54 bits per heavy atom. The summed E-state index contributed by atoms with van der Waals surface area (Å²) < 4.78 is 0. The second-order valence-corrected chi connectivity index (χ2v) is 2.73. The molecule has 0 aliphatic carbocycles. The molecule has 68 valence electrons. The van der Waals surface area contributed by atoms with Crippen LogP contribution in [0.2, 0.25) is 0 Å². The minimum absolute atomic E-state index is 0.291. The maximum atomic E-state index is 11.4. The molecular formula is C9H10N2O2. The first-order chi connectivity index (χ1) is 6.13. The minimum Gasteiger partial charge on any atom is -0.369 e. The molecule has 1 heterocycles. The van der Waals surface area contributed by atoms with Gasteiger partial charge in [-0.25, -0.2) is 0 Å². The lowest BCUT2D eigenvalue weighted by Gasteiger charge is -2.04. The lowest BCUT2D eigenvalue weighted by atomic mass is 10.0. The number of aromatic nitrogens is 1. The van der Waals surface area contributed by atoms with E-state index in [1.54, 1.807) is 18.3 Å². The Hall–Kier alpha value is -1.71. The Balaban J connectivity index is 2.86. The Morgan fingerprint density at radius 3 is 2.69 bits per heavy atom. The summed E-state index contributed by atoms with van der Waals surface area (Å²) in [5, 5.41) is 0. The molecule has 0 saturated carbocycles. The molecule has 0 spiro atoms. The van der Waals surface area contributed by atoms with Gasteiger partial charge in [0.2, 0.25) is 5.91 Å². The number of Topliss-reactive ketones (excluding diaryl/α,β-unsaturated/α-hetero) is 1. The number of primary amides is 1.